The number of amides is 2. The lowest BCUT2D eigenvalue weighted by molar-refractivity contribution is -0.146. The summed E-state index contributed by atoms with van der Waals surface area (Å²) in [6, 6.07) is 9.03. The number of likely N-dealkylation sites (tertiary alicyclic amines) is 2. The number of benzene rings is 1. The van der Waals surface area contributed by atoms with Gasteiger partial charge in [-0.2, -0.15) is 5.26 Å². The maximum absolute atomic E-state index is 13.2. The number of rotatable bonds is 3. The van der Waals surface area contributed by atoms with Gasteiger partial charge in [-0.05, 0) is 50.2 Å². The third-order valence-corrected chi connectivity index (χ3v) is 6.45. The van der Waals surface area contributed by atoms with Crippen LogP contribution in [0.1, 0.15) is 54.4 Å². The highest BCUT2D eigenvalue weighted by Crippen LogP contribution is 2.41. The number of nitrogens with zero attached hydrogens (tertiary/aromatic N) is 3. The fourth-order valence-corrected chi connectivity index (χ4v) is 4.68. The van der Waals surface area contributed by atoms with E-state index in [1.807, 2.05) is 0 Å². The summed E-state index contributed by atoms with van der Waals surface area (Å²) >= 11 is 0. The third kappa shape index (κ3) is 2.88. The lowest BCUT2D eigenvalue weighted by Gasteiger charge is -2.42. The van der Waals surface area contributed by atoms with Crippen LogP contribution in [-0.4, -0.2) is 47.8 Å². The van der Waals surface area contributed by atoms with Crippen molar-refractivity contribution >= 4 is 11.8 Å². The van der Waals surface area contributed by atoms with Gasteiger partial charge in [-0.15, -0.1) is 0 Å². The lowest BCUT2D eigenvalue weighted by Crippen LogP contribution is -2.52. The molecule has 3 fully saturated rings. The highest BCUT2D eigenvalue weighted by atomic mass is 16.2. The summed E-state index contributed by atoms with van der Waals surface area (Å²) in [5.41, 5.74) is 0.445. The monoisotopic (exact) mass is 351 g/mol. The molecule has 2 heterocycles. The molecule has 1 spiro atoms. The molecule has 5 heteroatoms. The molecule has 0 bridgehead atoms. The molecular weight excluding hydrogens is 326 g/mol. The molecule has 2 saturated heterocycles. The van der Waals surface area contributed by atoms with Crippen LogP contribution >= 0.6 is 0 Å². The predicted octanol–water partition coefficient (Wildman–Crippen LogP) is 2.81. The van der Waals surface area contributed by atoms with Gasteiger partial charge in [0.2, 0.25) is 5.91 Å². The van der Waals surface area contributed by atoms with Gasteiger partial charge in [0.25, 0.3) is 5.91 Å². The second-order valence-electron chi connectivity index (χ2n) is 8.07. The van der Waals surface area contributed by atoms with E-state index in [2.05, 4.69) is 11.0 Å². The lowest BCUT2D eigenvalue weighted by atomic mass is 9.77. The predicted molar refractivity (Wildman–Crippen MR) is 97.3 cm³/mol. The summed E-state index contributed by atoms with van der Waals surface area (Å²) in [6.45, 7) is 2.85. The molecule has 5 nitrogen and oxygen atoms in total. The van der Waals surface area contributed by atoms with E-state index in [-0.39, 0.29) is 11.8 Å². The number of nitriles is 1. The fraction of sp³-hybridized carbons (Fsp3) is 0.571. The van der Waals surface area contributed by atoms with Crippen LogP contribution in [0.5, 0.6) is 0 Å². The van der Waals surface area contributed by atoms with E-state index in [0.717, 1.165) is 32.4 Å². The van der Waals surface area contributed by atoms with E-state index in [1.165, 1.54) is 19.3 Å². The normalized spacial score (nSPS) is 26.0. The van der Waals surface area contributed by atoms with Crippen LogP contribution in [0.4, 0.5) is 0 Å². The van der Waals surface area contributed by atoms with E-state index in [1.54, 1.807) is 29.2 Å². The Morgan fingerprint density at radius 1 is 1.19 bits per heavy atom. The highest BCUT2D eigenvalue weighted by molar-refractivity contribution is 5.97. The second-order valence-corrected chi connectivity index (χ2v) is 8.07. The molecule has 1 aliphatic carbocycles. The molecule has 1 aromatic rings. The Morgan fingerprint density at radius 3 is 2.73 bits per heavy atom. The fourth-order valence-electron chi connectivity index (χ4n) is 4.68. The molecule has 4 rings (SSSR count). The topological polar surface area (TPSA) is 64.4 Å². The molecule has 0 N–H and O–H groups in total. The number of piperidine rings is 1. The van der Waals surface area contributed by atoms with Gasteiger partial charge in [0, 0.05) is 26.2 Å². The van der Waals surface area contributed by atoms with Gasteiger partial charge in [-0.3, -0.25) is 9.59 Å². The average molecular weight is 351 g/mol. The molecule has 1 atom stereocenters. The summed E-state index contributed by atoms with van der Waals surface area (Å²) in [5, 5.41) is 9.26. The summed E-state index contributed by atoms with van der Waals surface area (Å²) in [6.07, 6.45) is 6.41. The molecule has 0 unspecified atom stereocenters. The molecule has 2 amide bonds. The van der Waals surface area contributed by atoms with E-state index >= 15 is 0 Å². The quantitative estimate of drug-likeness (QED) is 0.841. The highest BCUT2D eigenvalue weighted by Gasteiger charge is 2.49. The van der Waals surface area contributed by atoms with Crippen LogP contribution in [0.3, 0.4) is 0 Å². The number of carbonyl (C=O) groups excluding carboxylic acids is 2. The Bertz CT molecular complexity index is 765. The molecule has 1 saturated carbocycles. The molecular formula is C21H25N3O2. The van der Waals surface area contributed by atoms with E-state index < -0.39 is 5.41 Å². The van der Waals surface area contributed by atoms with Crippen molar-refractivity contribution in [2.24, 2.45) is 11.3 Å². The van der Waals surface area contributed by atoms with Crippen molar-refractivity contribution in [3.63, 3.8) is 0 Å². The molecule has 136 valence electrons. The SMILES string of the molecule is N#Cc1ccccc1C(=O)N1CC[C@]2(CCCN(CC3CCC3)C2=O)C1. The number of hydrogen-bond acceptors (Lipinski definition) is 3. The first kappa shape index (κ1) is 17.1. The van der Waals surface area contributed by atoms with Crippen molar-refractivity contribution in [3.05, 3.63) is 35.4 Å². The molecule has 2 aliphatic heterocycles. The largest absolute Gasteiger partial charge is 0.342 e. The van der Waals surface area contributed by atoms with Crippen molar-refractivity contribution in [1.82, 2.24) is 9.80 Å². The second kappa shape index (κ2) is 6.75. The third-order valence-electron chi connectivity index (χ3n) is 6.45. The van der Waals surface area contributed by atoms with Gasteiger partial charge < -0.3 is 9.80 Å². The molecule has 3 aliphatic rings. The summed E-state index contributed by atoms with van der Waals surface area (Å²) in [4.78, 5) is 30.0. The van der Waals surface area contributed by atoms with Crippen LogP contribution in [0, 0.1) is 22.7 Å². The van der Waals surface area contributed by atoms with E-state index in [4.69, 9.17) is 0 Å². The standard InChI is InChI=1S/C21H25N3O2/c22-13-17-7-1-2-8-18(17)19(25)24-12-10-21(15-24)9-4-11-23(20(21)26)14-16-5-3-6-16/h1-2,7-8,16H,3-6,9-12,14-15H2/t21-/m1/s1. The molecule has 0 radical (unpaired) electrons. The Morgan fingerprint density at radius 2 is 2.00 bits per heavy atom. The van der Waals surface area contributed by atoms with Crippen LogP contribution in [0.25, 0.3) is 0 Å². The first-order chi connectivity index (χ1) is 12.6. The van der Waals surface area contributed by atoms with Gasteiger partial charge in [0.05, 0.1) is 22.6 Å². The zero-order valence-corrected chi connectivity index (χ0v) is 15.1. The zero-order valence-electron chi connectivity index (χ0n) is 15.1. The summed E-state index contributed by atoms with van der Waals surface area (Å²) in [7, 11) is 0. The number of hydrogen-bond donors (Lipinski definition) is 0. The smallest absolute Gasteiger partial charge is 0.255 e. The van der Waals surface area contributed by atoms with Crippen molar-refractivity contribution in [3.8, 4) is 6.07 Å². The number of carbonyl (C=O) groups is 2. The Balaban J connectivity index is 1.49. The molecule has 26 heavy (non-hydrogen) atoms. The van der Waals surface area contributed by atoms with Gasteiger partial charge >= 0.3 is 0 Å². The average Bonchev–Trinajstić information content (AvgIpc) is 3.06. The minimum atomic E-state index is -0.404. The van der Waals surface area contributed by atoms with Gasteiger partial charge in [0.15, 0.2) is 0 Å². The Kier molecular flexibility index (Phi) is 4.44. The minimum Gasteiger partial charge on any atom is -0.342 e. The maximum atomic E-state index is 13.2. The zero-order chi connectivity index (χ0) is 18.1. The van der Waals surface area contributed by atoms with Crippen molar-refractivity contribution < 1.29 is 9.59 Å². The Hall–Kier alpha value is -2.35. The van der Waals surface area contributed by atoms with E-state index in [9.17, 15) is 14.9 Å². The maximum Gasteiger partial charge on any atom is 0.255 e. The van der Waals surface area contributed by atoms with Crippen LogP contribution in [-0.2, 0) is 4.79 Å². The first-order valence-electron chi connectivity index (χ1n) is 9.71. The Labute approximate surface area is 154 Å². The van der Waals surface area contributed by atoms with Crippen LogP contribution in [0.15, 0.2) is 24.3 Å². The van der Waals surface area contributed by atoms with Crippen molar-refractivity contribution in [2.75, 3.05) is 26.2 Å². The summed E-state index contributed by atoms with van der Waals surface area (Å²) in [5.74, 6) is 0.804. The van der Waals surface area contributed by atoms with Gasteiger partial charge in [-0.1, -0.05) is 18.6 Å². The van der Waals surface area contributed by atoms with Gasteiger partial charge in [0.1, 0.15) is 0 Å². The molecule has 1 aromatic carbocycles. The minimum absolute atomic E-state index is 0.122. The van der Waals surface area contributed by atoms with Crippen molar-refractivity contribution in [1.29, 1.82) is 5.26 Å². The van der Waals surface area contributed by atoms with Crippen molar-refractivity contribution in [2.45, 2.75) is 38.5 Å². The van der Waals surface area contributed by atoms with E-state index in [0.29, 0.717) is 30.1 Å². The first-order valence-corrected chi connectivity index (χ1v) is 9.71. The van der Waals surface area contributed by atoms with Crippen LogP contribution in [0.2, 0.25) is 0 Å². The van der Waals surface area contributed by atoms with Crippen LogP contribution < -0.4 is 0 Å². The molecule has 0 aromatic heterocycles. The summed E-state index contributed by atoms with van der Waals surface area (Å²) < 4.78 is 0. The van der Waals surface area contributed by atoms with Gasteiger partial charge in [-0.25, -0.2) is 0 Å².